The molecule has 0 radical (unpaired) electrons. The highest BCUT2D eigenvalue weighted by molar-refractivity contribution is 5.89. The number of benzene rings is 2. The summed E-state index contributed by atoms with van der Waals surface area (Å²) in [5.41, 5.74) is 2.71. The molecule has 1 aliphatic rings. The van der Waals surface area contributed by atoms with Crippen LogP contribution in [0, 0.1) is 0 Å². The number of nitrogens with zero attached hydrogens (tertiary/aromatic N) is 4. The molecular formula is C26H26N6O2. The third-order valence-corrected chi connectivity index (χ3v) is 6.39. The quantitative estimate of drug-likeness (QED) is 0.385. The highest BCUT2D eigenvalue weighted by atomic mass is 16.4. The van der Waals surface area contributed by atoms with Gasteiger partial charge in [-0.25, -0.2) is 9.78 Å². The summed E-state index contributed by atoms with van der Waals surface area (Å²) >= 11 is 0. The minimum atomic E-state index is -0.891. The van der Waals surface area contributed by atoms with Crippen LogP contribution in [0.2, 0.25) is 0 Å². The number of carboxylic acid groups (broad SMARTS) is 1. The molecule has 5 rings (SSSR count). The zero-order chi connectivity index (χ0) is 23.4. The molecule has 3 N–H and O–H groups in total. The molecule has 0 bridgehead atoms. The topological polar surface area (TPSA) is 107 Å². The summed E-state index contributed by atoms with van der Waals surface area (Å²) in [5.74, 6) is 0.552. The van der Waals surface area contributed by atoms with E-state index in [1.807, 2.05) is 42.5 Å². The summed E-state index contributed by atoms with van der Waals surface area (Å²) in [4.78, 5) is 22.9. The maximum Gasteiger partial charge on any atom is 0.336 e. The monoisotopic (exact) mass is 454 g/mol. The number of rotatable bonds is 7. The number of carbonyl (C=O) groups is 1. The van der Waals surface area contributed by atoms with Crippen molar-refractivity contribution < 1.29 is 9.90 Å². The lowest BCUT2D eigenvalue weighted by Crippen LogP contribution is -2.47. The van der Waals surface area contributed by atoms with Gasteiger partial charge in [-0.3, -0.25) is 15.0 Å². The second kappa shape index (κ2) is 9.44. The Balaban J connectivity index is 1.39. The number of H-pyrrole nitrogens is 1. The van der Waals surface area contributed by atoms with Crippen molar-refractivity contribution in [2.45, 2.75) is 24.9 Å². The summed E-state index contributed by atoms with van der Waals surface area (Å²) in [6, 6.07) is 21.1. The molecule has 4 aromatic rings. The number of aromatic nitrogens is 4. The number of aromatic amines is 1. The van der Waals surface area contributed by atoms with Gasteiger partial charge in [-0.15, -0.1) is 0 Å². The minimum absolute atomic E-state index is 0.360. The van der Waals surface area contributed by atoms with Gasteiger partial charge in [-0.2, -0.15) is 5.10 Å². The van der Waals surface area contributed by atoms with Gasteiger partial charge in [0.25, 0.3) is 0 Å². The molecule has 1 aliphatic heterocycles. The van der Waals surface area contributed by atoms with Crippen LogP contribution in [0.15, 0.2) is 79.1 Å². The number of pyridine rings is 1. The summed E-state index contributed by atoms with van der Waals surface area (Å²) in [5, 5.41) is 20.9. The summed E-state index contributed by atoms with van der Waals surface area (Å²) < 4.78 is 0. The van der Waals surface area contributed by atoms with Gasteiger partial charge in [-0.1, -0.05) is 36.4 Å². The molecular weight excluding hydrogens is 428 g/mol. The van der Waals surface area contributed by atoms with Crippen LogP contribution in [-0.4, -0.2) is 49.2 Å². The first-order valence-corrected chi connectivity index (χ1v) is 11.3. The van der Waals surface area contributed by atoms with Crippen molar-refractivity contribution >= 4 is 11.7 Å². The van der Waals surface area contributed by atoms with Crippen LogP contribution in [0.25, 0.3) is 11.4 Å². The first kappa shape index (κ1) is 21.8. The Hall–Kier alpha value is -4.04. The molecule has 2 aromatic carbocycles. The lowest BCUT2D eigenvalue weighted by molar-refractivity contribution is 0.0693. The summed E-state index contributed by atoms with van der Waals surface area (Å²) in [7, 11) is 0. The fourth-order valence-electron chi connectivity index (χ4n) is 4.53. The minimum Gasteiger partial charge on any atom is -0.478 e. The van der Waals surface area contributed by atoms with E-state index >= 15 is 0 Å². The number of nitrogens with one attached hydrogen (secondary N) is 2. The Morgan fingerprint density at radius 2 is 1.71 bits per heavy atom. The van der Waals surface area contributed by atoms with Crippen LogP contribution in [0.1, 0.15) is 34.6 Å². The lowest BCUT2D eigenvalue weighted by Gasteiger charge is -2.41. The fraction of sp³-hybridized carbons (Fsp3) is 0.231. The average molecular weight is 455 g/mol. The Morgan fingerprint density at radius 3 is 2.44 bits per heavy atom. The van der Waals surface area contributed by atoms with Gasteiger partial charge in [0.05, 0.1) is 11.1 Å². The molecule has 1 fully saturated rings. The maximum atomic E-state index is 11.6. The molecule has 172 valence electrons. The number of hydrogen-bond donors (Lipinski definition) is 3. The largest absolute Gasteiger partial charge is 0.478 e. The van der Waals surface area contributed by atoms with E-state index in [0.717, 1.165) is 48.6 Å². The zero-order valence-electron chi connectivity index (χ0n) is 18.7. The van der Waals surface area contributed by atoms with Crippen molar-refractivity contribution in [1.29, 1.82) is 0 Å². The predicted octanol–water partition coefficient (Wildman–Crippen LogP) is 4.17. The number of piperidine rings is 1. The maximum absolute atomic E-state index is 11.6. The number of carboxylic acids is 1. The predicted molar refractivity (Wildman–Crippen MR) is 129 cm³/mol. The molecule has 0 atom stereocenters. The van der Waals surface area contributed by atoms with Gasteiger partial charge in [0.2, 0.25) is 0 Å². The first-order chi connectivity index (χ1) is 16.6. The molecule has 8 heteroatoms. The van der Waals surface area contributed by atoms with Crippen molar-refractivity contribution in [3.63, 3.8) is 0 Å². The van der Waals surface area contributed by atoms with Gasteiger partial charge >= 0.3 is 5.97 Å². The summed E-state index contributed by atoms with van der Waals surface area (Å²) in [6.07, 6.45) is 5.05. The van der Waals surface area contributed by atoms with E-state index in [4.69, 9.17) is 4.98 Å². The number of likely N-dealkylation sites (tertiary alicyclic amines) is 1. The van der Waals surface area contributed by atoms with E-state index in [1.165, 1.54) is 0 Å². The first-order valence-electron chi connectivity index (χ1n) is 11.3. The Labute approximate surface area is 197 Å². The van der Waals surface area contributed by atoms with Crippen LogP contribution in [-0.2, 0) is 12.1 Å². The van der Waals surface area contributed by atoms with Gasteiger partial charge in [0, 0.05) is 43.3 Å². The molecule has 0 amide bonds. The van der Waals surface area contributed by atoms with Crippen LogP contribution in [0.4, 0.5) is 5.69 Å². The van der Waals surface area contributed by atoms with E-state index < -0.39 is 11.5 Å². The third kappa shape index (κ3) is 4.53. The van der Waals surface area contributed by atoms with Crippen molar-refractivity contribution in [3.8, 4) is 11.4 Å². The van der Waals surface area contributed by atoms with E-state index in [-0.39, 0.29) is 0 Å². The van der Waals surface area contributed by atoms with E-state index in [1.54, 1.807) is 24.5 Å². The number of para-hydroxylation sites is 1. The van der Waals surface area contributed by atoms with Gasteiger partial charge in [-0.05, 0) is 48.7 Å². The zero-order valence-corrected chi connectivity index (χ0v) is 18.7. The van der Waals surface area contributed by atoms with Gasteiger partial charge in [0.1, 0.15) is 0 Å². The smallest absolute Gasteiger partial charge is 0.336 e. The van der Waals surface area contributed by atoms with E-state index in [9.17, 15) is 9.90 Å². The molecule has 0 unspecified atom stereocenters. The van der Waals surface area contributed by atoms with Crippen molar-refractivity contribution in [2.75, 3.05) is 18.4 Å². The standard InChI is InChI=1S/C26H26N6O2/c33-24(34)22-9-5-4-6-20(22)18-32-16-12-26(13-17-32,29-21-7-2-1-3-8-21)25-28-23(30-31-25)19-10-14-27-15-11-19/h1-11,14-15,29H,12-13,16-18H2,(H,33,34)(H,28,30,31). The molecule has 0 aliphatic carbocycles. The fourth-order valence-corrected chi connectivity index (χ4v) is 4.53. The SMILES string of the molecule is O=C(O)c1ccccc1CN1CCC(Nc2ccccc2)(c2nc(-c3ccncc3)n[nH]2)CC1. The molecule has 34 heavy (non-hydrogen) atoms. The second-order valence-corrected chi connectivity index (χ2v) is 8.56. The second-order valence-electron chi connectivity index (χ2n) is 8.56. The van der Waals surface area contributed by atoms with Crippen LogP contribution >= 0.6 is 0 Å². The normalized spacial score (nSPS) is 15.6. The number of anilines is 1. The molecule has 8 nitrogen and oxygen atoms in total. The third-order valence-electron chi connectivity index (χ3n) is 6.39. The molecule has 0 spiro atoms. The average Bonchev–Trinajstić information content (AvgIpc) is 3.38. The Kier molecular flexibility index (Phi) is 6.05. The van der Waals surface area contributed by atoms with Crippen molar-refractivity contribution in [2.24, 2.45) is 0 Å². The van der Waals surface area contributed by atoms with Crippen LogP contribution < -0.4 is 5.32 Å². The molecule has 0 saturated carbocycles. The highest BCUT2D eigenvalue weighted by Crippen LogP contribution is 2.36. The number of hydrogen-bond acceptors (Lipinski definition) is 6. The number of aromatic carboxylic acids is 1. The summed E-state index contributed by atoms with van der Waals surface area (Å²) in [6.45, 7) is 2.18. The van der Waals surface area contributed by atoms with E-state index in [0.29, 0.717) is 17.9 Å². The van der Waals surface area contributed by atoms with Gasteiger partial charge < -0.3 is 10.4 Å². The highest BCUT2D eigenvalue weighted by Gasteiger charge is 2.39. The Morgan fingerprint density at radius 1 is 1.00 bits per heavy atom. The lowest BCUT2D eigenvalue weighted by atomic mass is 9.85. The van der Waals surface area contributed by atoms with Crippen LogP contribution in [0.5, 0.6) is 0 Å². The van der Waals surface area contributed by atoms with Crippen LogP contribution in [0.3, 0.4) is 0 Å². The molecule has 3 heterocycles. The Bertz CT molecular complexity index is 1250. The molecule has 2 aromatic heterocycles. The molecule has 1 saturated heterocycles. The van der Waals surface area contributed by atoms with Crippen molar-refractivity contribution in [1.82, 2.24) is 25.1 Å². The van der Waals surface area contributed by atoms with Gasteiger partial charge in [0.15, 0.2) is 11.6 Å². The van der Waals surface area contributed by atoms with Crippen molar-refractivity contribution in [3.05, 3.63) is 96.1 Å². The van der Waals surface area contributed by atoms with E-state index in [2.05, 4.69) is 37.5 Å².